The molecule has 1 fully saturated rings. The minimum absolute atomic E-state index is 0.0162. The van der Waals surface area contributed by atoms with E-state index in [1.807, 2.05) is 6.07 Å². The van der Waals surface area contributed by atoms with Crippen molar-refractivity contribution in [2.75, 3.05) is 39.3 Å². The molecule has 0 aliphatic carbocycles. The van der Waals surface area contributed by atoms with E-state index in [1.165, 1.54) is 28.6 Å². The fraction of sp³-hybridized carbons (Fsp3) is 0.308. The standard InChI is InChI=1S/C26H23F3N6O2S/c27-26(28,29)21-12-18(14-30)1-3-19(21)16-35-22-4-2-17(11-20(22)15-31-35)13-23-24(37)32-25(38-23)34-7-5-33(6-8-34)9-10-36/h1-4,11-13,15,36H,5-10,16H2. The van der Waals surface area contributed by atoms with Crippen molar-refractivity contribution in [1.29, 1.82) is 5.26 Å². The number of aromatic nitrogens is 2. The molecule has 0 bridgehead atoms. The van der Waals surface area contributed by atoms with Gasteiger partial charge < -0.3 is 10.0 Å². The summed E-state index contributed by atoms with van der Waals surface area (Å²) in [4.78, 5) is 21.5. The highest BCUT2D eigenvalue weighted by Crippen LogP contribution is 2.34. The predicted molar refractivity (Wildman–Crippen MR) is 138 cm³/mol. The van der Waals surface area contributed by atoms with Crippen LogP contribution in [0.4, 0.5) is 13.2 Å². The van der Waals surface area contributed by atoms with Gasteiger partial charge in [-0.3, -0.25) is 14.4 Å². The number of nitrogens with zero attached hydrogens (tertiary/aromatic N) is 6. The number of amidine groups is 1. The number of alkyl halides is 3. The van der Waals surface area contributed by atoms with Crippen molar-refractivity contribution in [2.45, 2.75) is 12.7 Å². The largest absolute Gasteiger partial charge is 0.416 e. The molecule has 1 amide bonds. The van der Waals surface area contributed by atoms with E-state index >= 15 is 0 Å². The average Bonchev–Trinajstić information content (AvgIpc) is 3.47. The third kappa shape index (κ3) is 5.45. The lowest BCUT2D eigenvalue weighted by Crippen LogP contribution is -2.48. The van der Waals surface area contributed by atoms with E-state index in [4.69, 9.17) is 10.4 Å². The number of benzene rings is 2. The van der Waals surface area contributed by atoms with Crippen molar-refractivity contribution in [1.82, 2.24) is 19.6 Å². The summed E-state index contributed by atoms with van der Waals surface area (Å²) in [6, 6.07) is 10.6. The zero-order valence-corrected chi connectivity index (χ0v) is 21.0. The molecule has 1 aromatic heterocycles. The third-order valence-electron chi connectivity index (χ3n) is 6.50. The Kier molecular flexibility index (Phi) is 7.25. The zero-order chi connectivity index (χ0) is 26.9. The molecule has 0 unspecified atom stereocenters. The number of amides is 1. The second-order valence-corrected chi connectivity index (χ2v) is 9.97. The lowest BCUT2D eigenvalue weighted by molar-refractivity contribution is -0.138. The Morgan fingerprint density at radius 3 is 2.63 bits per heavy atom. The summed E-state index contributed by atoms with van der Waals surface area (Å²) in [5.41, 5.74) is 0.505. The van der Waals surface area contributed by atoms with Crippen LogP contribution >= 0.6 is 11.8 Å². The Balaban J connectivity index is 1.32. The first-order valence-corrected chi connectivity index (χ1v) is 12.7. The topological polar surface area (TPSA) is 97.8 Å². The molecule has 5 rings (SSSR count). The lowest BCUT2D eigenvalue weighted by atomic mass is 10.0. The molecule has 2 aliphatic heterocycles. The molecule has 0 spiro atoms. The number of carbonyl (C=O) groups is 1. The Bertz CT molecular complexity index is 1480. The van der Waals surface area contributed by atoms with Crippen LogP contribution in [0, 0.1) is 11.3 Å². The maximum atomic E-state index is 13.6. The smallest absolute Gasteiger partial charge is 0.395 e. The van der Waals surface area contributed by atoms with Crippen LogP contribution in [-0.2, 0) is 17.5 Å². The maximum Gasteiger partial charge on any atom is 0.416 e. The number of aliphatic hydroxyl groups is 1. The van der Waals surface area contributed by atoms with Gasteiger partial charge >= 0.3 is 6.18 Å². The van der Waals surface area contributed by atoms with Crippen molar-refractivity contribution in [2.24, 2.45) is 4.99 Å². The van der Waals surface area contributed by atoms with Gasteiger partial charge in [0.2, 0.25) is 0 Å². The molecule has 196 valence electrons. The molecule has 3 heterocycles. The predicted octanol–water partition coefficient (Wildman–Crippen LogP) is 3.56. The quantitative estimate of drug-likeness (QED) is 0.495. The summed E-state index contributed by atoms with van der Waals surface area (Å²) < 4.78 is 42.2. The number of halogens is 3. The van der Waals surface area contributed by atoms with Crippen molar-refractivity contribution < 1.29 is 23.1 Å². The number of fused-ring (bicyclic) bond motifs is 1. The number of thioether (sulfide) groups is 1. The number of aliphatic imine (C=N–C) groups is 1. The first-order chi connectivity index (χ1) is 18.2. The van der Waals surface area contributed by atoms with Crippen LogP contribution in [-0.4, -0.2) is 75.1 Å². The molecule has 12 heteroatoms. The highest BCUT2D eigenvalue weighted by Gasteiger charge is 2.34. The fourth-order valence-electron chi connectivity index (χ4n) is 4.52. The summed E-state index contributed by atoms with van der Waals surface area (Å²) in [5, 5.41) is 23.8. The number of β-amino-alcohol motifs (C(OH)–C–C–N with tert-alkyl or cyclic N) is 1. The van der Waals surface area contributed by atoms with Crippen LogP contribution in [0.5, 0.6) is 0 Å². The van der Waals surface area contributed by atoms with E-state index in [0.717, 1.165) is 43.2 Å². The van der Waals surface area contributed by atoms with Gasteiger partial charge in [0.15, 0.2) is 5.17 Å². The van der Waals surface area contributed by atoms with Crippen LogP contribution < -0.4 is 0 Å². The maximum absolute atomic E-state index is 13.6. The number of hydrogen-bond acceptors (Lipinski definition) is 7. The molecule has 1 saturated heterocycles. The normalized spacial score (nSPS) is 17.9. The average molecular weight is 541 g/mol. The van der Waals surface area contributed by atoms with Crippen LogP contribution in [0.25, 0.3) is 17.0 Å². The van der Waals surface area contributed by atoms with Gasteiger partial charge in [-0.25, -0.2) is 0 Å². The van der Waals surface area contributed by atoms with Gasteiger partial charge in [0, 0.05) is 38.1 Å². The monoisotopic (exact) mass is 540 g/mol. The highest BCUT2D eigenvalue weighted by molar-refractivity contribution is 8.18. The van der Waals surface area contributed by atoms with Gasteiger partial charge in [0.05, 0.1) is 47.0 Å². The Labute approximate surface area is 220 Å². The molecular formula is C26H23F3N6O2S. The number of piperazine rings is 1. The highest BCUT2D eigenvalue weighted by atomic mass is 32.2. The second-order valence-electron chi connectivity index (χ2n) is 8.96. The van der Waals surface area contributed by atoms with Crippen LogP contribution in [0.1, 0.15) is 22.3 Å². The number of rotatable bonds is 5. The number of nitriles is 1. The van der Waals surface area contributed by atoms with E-state index in [-0.39, 0.29) is 30.2 Å². The second kappa shape index (κ2) is 10.6. The first kappa shape index (κ1) is 26.0. The van der Waals surface area contributed by atoms with E-state index < -0.39 is 11.7 Å². The summed E-state index contributed by atoms with van der Waals surface area (Å²) in [5.74, 6) is -0.306. The molecular weight excluding hydrogens is 517 g/mol. The van der Waals surface area contributed by atoms with E-state index in [2.05, 4.69) is 19.9 Å². The summed E-state index contributed by atoms with van der Waals surface area (Å²) >= 11 is 1.32. The molecule has 0 radical (unpaired) electrons. The van der Waals surface area contributed by atoms with Crippen LogP contribution in [0.15, 0.2) is 52.5 Å². The summed E-state index contributed by atoms with van der Waals surface area (Å²) in [7, 11) is 0. The molecule has 2 aliphatic rings. The summed E-state index contributed by atoms with van der Waals surface area (Å²) in [6.07, 6.45) is -1.26. The van der Waals surface area contributed by atoms with Crippen molar-refractivity contribution >= 4 is 39.8 Å². The molecule has 8 nitrogen and oxygen atoms in total. The minimum atomic E-state index is -4.59. The Hall–Kier alpha value is -3.66. The number of hydrogen-bond donors (Lipinski definition) is 1. The minimum Gasteiger partial charge on any atom is -0.395 e. The van der Waals surface area contributed by atoms with Gasteiger partial charge in [0.25, 0.3) is 5.91 Å². The van der Waals surface area contributed by atoms with Crippen molar-refractivity contribution in [3.05, 3.63) is 69.8 Å². The van der Waals surface area contributed by atoms with E-state index in [0.29, 0.717) is 22.1 Å². The molecule has 0 atom stereocenters. The number of carbonyl (C=O) groups excluding carboxylic acids is 1. The molecule has 38 heavy (non-hydrogen) atoms. The third-order valence-corrected chi connectivity index (χ3v) is 7.54. The number of aliphatic hydroxyl groups excluding tert-OH is 1. The van der Waals surface area contributed by atoms with Crippen molar-refractivity contribution in [3.63, 3.8) is 0 Å². The van der Waals surface area contributed by atoms with Crippen LogP contribution in [0.3, 0.4) is 0 Å². The van der Waals surface area contributed by atoms with Crippen LogP contribution in [0.2, 0.25) is 0 Å². The summed E-state index contributed by atoms with van der Waals surface area (Å²) in [6.45, 7) is 3.69. The molecule has 1 N–H and O–H groups in total. The van der Waals surface area contributed by atoms with Gasteiger partial charge in [-0.2, -0.15) is 28.5 Å². The molecule has 3 aromatic rings. The fourth-order valence-corrected chi connectivity index (χ4v) is 5.48. The molecule has 2 aromatic carbocycles. The van der Waals surface area contributed by atoms with E-state index in [9.17, 15) is 18.0 Å². The van der Waals surface area contributed by atoms with Crippen molar-refractivity contribution in [3.8, 4) is 6.07 Å². The van der Waals surface area contributed by atoms with Gasteiger partial charge in [-0.15, -0.1) is 0 Å². The zero-order valence-electron chi connectivity index (χ0n) is 20.1. The Morgan fingerprint density at radius 1 is 1.13 bits per heavy atom. The SMILES string of the molecule is N#Cc1ccc(Cn2ncc3cc(C=C4SC(N5CCN(CCO)CC5)=NC4=O)ccc32)c(C(F)(F)F)c1. The first-order valence-electron chi connectivity index (χ1n) is 11.9. The molecule has 0 saturated carbocycles. The van der Waals surface area contributed by atoms with Gasteiger partial charge in [-0.05, 0) is 53.2 Å². The lowest BCUT2D eigenvalue weighted by Gasteiger charge is -2.34. The van der Waals surface area contributed by atoms with E-state index in [1.54, 1.807) is 30.5 Å². The Morgan fingerprint density at radius 2 is 1.92 bits per heavy atom. The van der Waals surface area contributed by atoms with Gasteiger partial charge in [0.1, 0.15) is 0 Å². The van der Waals surface area contributed by atoms with Gasteiger partial charge in [-0.1, -0.05) is 12.1 Å².